The Morgan fingerprint density at radius 1 is 1.38 bits per heavy atom. The number of nitrogens with two attached hydrogens (primary N) is 1. The lowest BCUT2D eigenvalue weighted by atomic mass is 9.76. The van der Waals surface area contributed by atoms with E-state index in [1.54, 1.807) is 18.2 Å². The van der Waals surface area contributed by atoms with Crippen molar-refractivity contribution in [2.24, 2.45) is 17.1 Å². The van der Waals surface area contributed by atoms with E-state index in [9.17, 15) is 9.90 Å². The third-order valence-electron chi connectivity index (χ3n) is 3.72. The number of halogens is 1. The number of aromatic hydroxyl groups is 1. The fourth-order valence-electron chi connectivity index (χ4n) is 2.35. The molecule has 21 heavy (non-hydrogen) atoms. The van der Waals surface area contributed by atoms with Crippen LogP contribution in [0.5, 0.6) is 5.75 Å². The fourth-order valence-corrected chi connectivity index (χ4v) is 2.71. The lowest BCUT2D eigenvalue weighted by Gasteiger charge is -2.30. The average Bonchev–Trinajstić information content (AvgIpc) is 2.38. The first-order valence-electron chi connectivity index (χ1n) is 7.23. The summed E-state index contributed by atoms with van der Waals surface area (Å²) in [6, 6.07) is 5.17. The highest BCUT2D eigenvalue weighted by atomic mass is 79.9. The Labute approximate surface area is 135 Å². The van der Waals surface area contributed by atoms with Crippen LogP contribution in [-0.4, -0.2) is 17.6 Å². The number of amides is 1. The van der Waals surface area contributed by atoms with Crippen molar-refractivity contribution in [1.82, 2.24) is 0 Å². The van der Waals surface area contributed by atoms with Gasteiger partial charge in [0.15, 0.2) is 5.75 Å². The predicted molar refractivity (Wildman–Crippen MR) is 90.3 cm³/mol. The SMILES string of the molecule is CC(C)(C)C(CCN)CCC(=O)Nc1cccc(Br)c1O. The molecule has 0 fully saturated rings. The van der Waals surface area contributed by atoms with Crippen LogP contribution in [0.3, 0.4) is 0 Å². The van der Waals surface area contributed by atoms with E-state index < -0.39 is 0 Å². The van der Waals surface area contributed by atoms with Crippen molar-refractivity contribution < 1.29 is 9.90 Å². The molecule has 0 heterocycles. The number of anilines is 1. The second-order valence-corrected chi connectivity index (χ2v) is 7.22. The molecule has 1 unspecified atom stereocenters. The molecule has 118 valence electrons. The van der Waals surface area contributed by atoms with Crippen LogP contribution in [0.1, 0.15) is 40.0 Å². The summed E-state index contributed by atoms with van der Waals surface area (Å²) >= 11 is 3.23. The monoisotopic (exact) mass is 356 g/mol. The zero-order chi connectivity index (χ0) is 16.0. The van der Waals surface area contributed by atoms with E-state index >= 15 is 0 Å². The van der Waals surface area contributed by atoms with Crippen molar-refractivity contribution >= 4 is 27.5 Å². The van der Waals surface area contributed by atoms with E-state index in [4.69, 9.17) is 5.73 Å². The number of nitrogens with one attached hydrogen (secondary N) is 1. The van der Waals surface area contributed by atoms with Crippen molar-refractivity contribution in [2.75, 3.05) is 11.9 Å². The molecule has 0 aliphatic rings. The number of carbonyl (C=O) groups excluding carboxylic acids is 1. The van der Waals surface area contributed by atoms with Crippen molar-refractivity contribution in [3.05, 3.63) is 22.7 Å². The maximum absolute atomic E-state index is 12.0. The molecule has 1 rings (SSSR count). The molecule has 0 saturated heterocycles. The third-order valence-corrected chi connectivity index (χ3v) is 4.36. The van der Waals surface area contributed by atoms with E-state index in [0.717, 1.165) is 12.8 Å². The first kappa shape index (κ1) is 18.0. The van der Waals surface area contributed by atoms with Gasteiger partial charge >= 0.3 is 0 Å². The molecule has 0 bridgehead atoms. The summed E-state index contributed by atoms with van der Waals surface area (Å²) in [6.45, 7) is 7.15. The summed E-state index contributed by atoms with van der Waals surface area (Å²) in [5.74, 6) is 0.374. The summed E-state index contributed by atoms with van der Waals surface area (Å²) in [6.07, 6.45) is 2.13. The highest BCUT2D eigenvalue weighted by molar-refractivity contribution is 9.10. The van der Waals surface area contributed by atoms with Gasteiger partial charge in [-0.3, -0.25) is 4.79 Å². The molecule has 1 aromatic rings. The van der Waals surface area contributed by atoms with Gasteiger partial charge in [0.05, 0.1) is 10.2 Å². The third kappa shape index (κ3) is 5.67. The summed E-state index contributed by atoms with van der Waals surface area (Å²) in [5, 5.41) is 12.6. The van der Waals surface area contributed by atoms with Crippen molar-refractivity contribution in [1.29, 1.82) is 0 Å². The Bertz CT molecular complexity index is 484. The van der Waals surface area contributed by atoms with Gasteiger partial charge < -0.3 is 16.2 Å². The quantitative estimate of drug-likeness (QED) is 0.676. The van der Waals surface area contributed by atoms with Crippen LogP contribution in [0.4, 0.5) is 5.69 Å². The zero-order valence-corrected chi connectivity index (χ0v) is 14.5. The predicted octanol–water partition coefficient (Wildman–Crippen LogP) is 3.88. The molecule has 0 saturated carbocycles. The normalized spacial score (nSPS) is 13.0. The maximum atomic E-state index is 12.0. The lowest BCUT2D eigenvalue weighted by Crippen LogP contribution is -2.25. The largest absolute Gasteiger partial charge is 0.505 e. The molecule has 4 N–H and O–H groups in total. The van der Waals surface area contributed by atoms with Gasteiger partial charge in [-0.25, -0.2) is 0 Å². The van der Waals surface area contributed by atoms with E-state index in [2.05, 4.69) is 42.0 Å². The molecule has 0 aromatic heterocycles. The van der Waals surface area contributed by atoms with Gasteiger partial charge in [0.2, 0.25) is 5.91 Å². The van der Waals surface area contributed by atoms with Gasteiger partial charge in [0.25, 0.3) is 0 Å². The van der Waals surface area contributed by atoms with Gasteiger partial charge in [-0.15, -0.1) is 0 Å². The van der Waals surface area contributed by atoms with E-state index in [-0.39, 0.29) is 17.1 Å². The molecule has 0 radical (unpaired) electrons. The van der Waals surface area contributed by atoms with Crippen LogP contribution in [0.15, 0.2) is 22.7 Å². The number of rotatable bonds is 6. The Morgan fingerprint density at radius 2 is 2.05 bits per heavy atom. The summed E-state index contributed by atoms with van der Waals surface area (Å²) in [4.78, 5) is 12.0. The zero-order valence-electron chi connectivity index (χ0n) is 12.9. The Balaban J connectivity index is 2.59. The van der Waals surface area contributed by atoms with Gasteiger partial charge in [0, 0.05) is 6.42 Å². The minimum atomic E-state index is -0.0883. The molecule has 1 amide bonds. The van der Waals surface area contributed by atoms with Crippen molar-refractivity contribution in [2.45, 2.75) is 40.0 Å². The number of benzene rings is 1. The molecule has 4 nitrogen and oxygen atoms in total. The summed E-state index contributed by atoms with van der Waals surface area (Å²) < 4.78 is 0.566. The lowest BCUT2D eigenvalue weighted by molar-refractivity contribution is -0.116. The number of hydrogen-bond donors (Lipinski definition) is 3. The fraction of sp³-hybridized carbons (Fsp3) is 0.562. The van der Waals surface area contributed by atoms with Gasteiger partial charge in [-0.2, -0.15) is 0 Å². The highest BCUT2D eigenvalue weighted by Crippen LogP contribution is 2.33. The molecule has 0 aliphatic heterocycles. The van der Waals surface area contributed by atoms with Crippen LogP contribution >= 0.6 is 15.9 Å². The van der Waals surface area contributed by atoms with E-state index in [0.29, 0.717) is 29.0 Å². The number of para-hydroxylation sites is 1. The first-order valence-corrected chi connectivity index (χ1v) is 8.02. The molecule has 0 spiro atoms. The minimum Gasteiger partial charge on any atom is -0.505 e. The second kappa shape index (κ2) is 7.80. The second-order valence-electron chi connectivity index (χ2n) is 6.36. The molecule has 1 aromatic carbocycles. The number of hydrogen-bond acceptors (Lipinski definition) is 3. The van der Waals surface area contributed by atoms with Crippen LogP contribution in [0, 0.1) is 11.3 Å². The van der Waals surface area contributed by atoms with E-state index in [1.165, 1.54) is 0 Å². The van der Waals surface area contributed by atoms with Crippen molar-refractivity contribution in [3.8, 4) is 5.75 Å². The molecular formula is C16H25BrN2O2. The molecule has 0 aliphatic carbocycles. The summed E-state index contributed by atoms with van der Waals surface area (Å²) in [5.41, 5.74) is 6.22. The smallest absolute Gasteiger partial charge is 0.224 e. The number of phenolic OH excluding ortho intramolecular Hbond substituents is 1. The average molecular weight is 357 g/mol. The molecular weight excluding hydrogens is 332 g/mol. The van der Waals surface area contributed by atoms with Gasteiger partial charge in [-0.05, 0) is 58.8 Å². The topological polar surface area (TPSA) is 75.4 Å². The Morgan fingerprint density at radius 3 is 2.62 bits per heavy atom. The number of phenols is 1. The van der Waals surface area contributed by atoms with Crippen LogP contribution < -0.4 is 11.1 Å². The molecule has 5 heteroatoms. The highest BCUT2D eigenvalue weighted by Gasteiger charge is 2.24. The van der Waals surface area contributed by atoms with Crippen molar-refractivity contribution in [3.63, 3.8) is 0 Å². The maximum Gasteiger partial charge on any atom is 0.224 e. The Kier molecular flexibility index (Phi) is 6.68. The van der Waals surface area contributed by atoms with Gasteiger partial charge in [-0.1, -0.05) is 26.8 Å². The van der Waals surface area contributed by atoms with E-state index in [1.807, 2.05) is 0 Å². The number of carbonyl (C=O) groups is 1. The van der Waals surface area contributed by atoms with Gasteiger partial charge in [0.1, 0.15) is 0 Å². The first-order chi connectivity index (χ1) is 9.75. The standard InChI is InChI=1S/C16H25BrN2O2/c1-16(2,3)11(9-10-18)7-8-14(20)19-13-6-4-5-12(17)15(13)21/h4-6,11,21H,7-10,18H2,1-3H3,(H,19,20). The van der Waals surface area contributed by atoms with Crippen LogP contribution in [0.25, 0.3) is 0 Å². The minimum absolute atomic E-state index is 0.0557. The van der Waals surface area contributed by atoms with Crippen LogP contribution in [-0.2, 0) is 4.79 Å². The molecule has 1 atom stereocenters. The van der Waals surface area contributed by atoms with Crippen LogP contribution in [0.2, 0.25) is 0 Å². The Hall–Kier alpha value is -1.07. The summed E-state index contributed by atoms with van der Waals surface area (Å²) in [7, 11) is 0.